The molecule has 4 heteroatoms. The Balaban J connectivity index is 1.96. The molecule has 0 bridgehead atoms. The van der Waals surface area contributed by atoms with Crippen molar-refractivity contribution >= 4 is 5.78 Å². The number of carbonyl (C=O) groups is 1. The summed E-state index contributed by atoms with van der Waals surface area (Å²) < 4.78 is 5.25. The van der Waals surface area contributed by atoms with E-state index in [1.54, 1.807) is 0 Å². The summed E-state index contributed by atoms with van der Waals surface area (Å²) >= 11 is 0. The van der Waals surface area contributed by atoms with Gasteiger partial charge in [0.2, 0.25) is 5.89 Å². The molecule has 0 amide bonds. The van der Waals surface area contributed by atoms with E-state index in [2.05, 4.69) is 30.9 Å². The van der Waals surface area contributed by atoms with Crippen LogP contribution in [0.4, 0.5) is 0 Å². The average molecular weight is 250 g/mol. The van der Waals surface area contributed by atoms with Gasteiger partial charge in [-0.15, -0.1) is 0 Å². The standard InChI is InChI=1S/C14H22N2O2/c1-14(2,3)9-12-15-13(18-16-12)8-10-6-4-5-7-11(10)17/h10H,4-9H2,1-3H3. The van der Waals surface area contributed by atoms with E-state index in [0.717, 1.165) is 31.5 Å². The Morgan fingerprint density at radius 3 is 2.78 bits per heavy atom. The highest BCUT2D eigenvalue weighted by atomic mass is 16.5. The lowest BCUT2D eigenvalue weighted by molar-refractivity contribution is -0.124. The molecule has 0 saturated heterocycles. The summed E-state index contributed by atoms with van der Waals surface area (Å²) in [5, 5.41) is 3.99. The summed E-state index contributed by atoms with van der Waals surface area (Å²) in [6, 6.07) is 0. The Morgan fingerprint density at radius 1 is 1.33 bits per heavy atom. The van der Waals surface area contributed by atoms with Crippen LogP contribution in [0, 0.1) is 11.3 Å². The normalized spacial score (nSPS) is 21.3. The van der Waals surface area contributed by atoms with Crippen molar-refractivity contribution in [1.82, 2.24) is 10.1 Å². The van der Waals surface area contributed by atoms with Crippen LogP contribution in [0.5, 0.6) is 0 Å². The maximum absolute atomic E-state index is 11.7. The predicted octanol–water partition coefficient (Wildman–Crippen LogP) is 2.96. The molecule has 1 atom stereocenters. The van der Waals surface area contributed by atoms with E-state index in [1.807, 2.05) is 0 Å². The third kappa shape index (κ3) is 3.65. The smallest absolute Gasteiger partial charge is 0.227 e. The molecule has 1 aromatic rings. The van der Waals surface area contributed by atoms with Gasteiger partial charge in [-0.05, 0) is 18.3 Å². The highest BCUT2D eigenvalue weighted by Gasteiger charge is 2.25. The van der Waals surface area contributed by atoms with Crippen molar-refractivity contribution in [3.63, 3.8) is 0 Å². The maximum atomic E-state index is 11.7. The molecule has 0 spiro atoms. The first-order valence-corrected chi connectivity index (χ1v) is 6.78. The van der Waals surface area contributed by atoms with Crippen LogP contribution in [0.3, 0.4) is 0 Å². The number of nitrogens with zero attached hydrogens (tertiary/aromatic N) is 2. The van der Waals surface area contributed by atoms with Gasteiger partial charge in [0.15, 0.2) is 5.82 Å². The van der Waals surface area contributed by atoms with Gasteiger partial charge in [-0.25, -0.2) is 0 Å². The van der Waals surface area contributed by atoms with Crippen LogP contribution in [0.2, 0.25) is 0 Å². The van der Waals surface area contributed by atoms with Crippen LogP contribution in [0.15, 0.2) is 4.52 Å². The van der Waals surface area contributed by atoms with Gasteiger partial charge in [-0.2, -0.15) is 4.98 Å². The highest BCUT2D eigenvalue weighted by Crippen LogP contribution is 2.24. The molecule has 0 N–H and O–H groups in total. The minimum atomic E-state index is 0.0988. The van der Waals surface area contributed by atoms with E-state index in [1.165, 1.54) is 0 Å². The molecule has 0 radical (unpaired) electrons. The minimum Gasteiger partial charge on any atom is -0.339 e. The van der Waals surface area contributed by atoms with E-state index in [4.69, 9.17) is 4.52 Å². The van der Waals surface area contributed by atoms with Gasteiger partial charge < -0.3 is 4.52 Å². The molecule has 1 aliphatic rings. The second-order valence-electron chi connectivity index (χ2n) is 6.45. The average Bonchev–Trinajstić information content (AvgIpc) is 2.66. The second-order valence-corrected chi connectivity index (χ2v) is 6.45. The van der Waals surface area contributed by atoms with Crippen LogP contribution in [0.25, 0.3) is 0 Å². The van der Waals surface area contributed by atoms with E-state index < -0.39 is 0 Å². The summed E-state index contributed by atoms with van der Waals surface area (Å²) in [5.41, 5.74) is 0.155. The van der Waals surface area contributed by atoms with Gasteiger partial charge in [0.25, 0.3) is 0 Å². The monoisotopic (exact) mass is 250 g/mol. The molecule has 1 unspecified atom stereocenters. The lowest BCUT2D eigenvalue weighted by Gasteiger charge is -2.18. The quantitative estimate of drug-likeness (QED) is 0.827. The zero-order valence-electron chi connectivity index (χ0n) is 11.5. The van der Waals surface area contributed by atoms with Crippen molar-refractivity contribution in [2.24, 2.45) is 11.3 Å². The molecule has 4 nitrogen and oxygen atoms in total. The summed E-state index contributed by atoms with van der Waals surface area (Å²) in [7, 11) is 0. The van der Waals surface area contributed by atoms with E-state index in [-0.39, 0.29) is 11.3 Å². The summed E-state index contributed by atoms with van der Waals surface area (Å²) in [5.74, 6) is 1.83. The SMILES string of the molecule is CC(C)(C)Cc1noc(CC2CCCCC2=O)n1. The lowest BCUT2D eigenvalue weighted by atomic mass is 9.86. The highest BCUT2D eigenvalue weighted by molar-refractivity contribution is 5.81. The number of carbonyl (C=O) groups excluding carboxylic acids is 1. The van der Waals surface area contributed by atoms with Gasteiger partial charge in [0, 0.05) is 25.2 Å². The topological polar surface area (TPSA) is 56.0 Å². The molecular weight excluding hydrogens is 228 g/mol. The maximum Gasteiger partial charge on any atom is 0.227 e. The number of aromatic nitrogens is 2. The van der Waals surface area contributed by atoms with E-state index in [0.29, 0.717) is 24.5 Å². The van der Waals surface area contributed by atoms with E-state index >= 15 is 0 Å². The molecule has 2 rings (SSSR count). The molecule has 1 saturated carbocycles. The Bertz CT molecular complexity index is 418. The van der Waals surface area contributed by atoms with Gasteiger partial charge in [-0.3, -0.25) is 4.79 Å². The molecule has 1 fully saturated rings. The molecule has 100 valence electrons. The third-order valence-corrected chi connectivity index (χ3v) is 3.30. The lowest BCUT2D eigenvalue weighted by Crippen LogP contribution is -2.21. The first kappa shape index (κ1) is 13.2. The summed E-state index contributed by atoms with van der Waals surface area (Å²) in [6.45, 7) is 6.44. The Kier molecular flexibility index (Phi) is 3.83. The van der Waals surface area contributed by atoms with Gasteiger partial charge >= 0.3 is 0 Å². The third-order valence-electron chi connectivity index (χ3n) is 3.30. The first-order chi connectivity index (χ1) is 8.44. The Morgan fingerprint density at radius 2 is 2.11 bits per heavy atom. The van der Waals surface area contributed by atoms with Crippen molar-refractivity contribution in [2.45, 2.75) is 59.3 Å². The molecule has 0 aliphatic heterocycles. The minimum absolute atomic E-state index is 0.0988. The van der Waals surface area contributed by atoms with Gasteiger partial charge in [0.05, 0.1) is 0 Å². The molecule has 1 aromatic heterocycles. The Labute approximate surface area is 108 Å². The van der Waals surface area contributed by atoms with Crippen molar-refractivity contribution in [3.05, 3.63) is 11.7 Å². The summed E-state index contributed by atoms with van der Waals surface area (Å²) in [6.07, 6.45) is 5.28. The fraction of sp³-hybridized carbons (Fsp3) is 0.786. The first-order valence-electron chi connectivity index (χ1n) is 6.78. The molecule has 0 aromatic carbocycles. The number of ketones is 1. The van der Waals surface area contributed by atoms with Crippen molar-refractivity contribution in [3.8, 4) is 0 Å². The van der Waals surface area contributed by atoms with Crippen LogP contribution in [-0.2, 0) is 17.6 Å². The zero-order valence-corrected chi connectivity index (χ0v) is 11.5. The molecule has 1 aliphatic carbocycles. The van der Waals surface area contributed by atoms with Crippen LogP contribution < -0.4 is 0 Å². The number of rotatable bonds is 3. The molecule has 18 heavy (non-hydrogen) atoms. The van der Waals surface area contributed by atoms with Crippen molar-refractivity contribution < 1.29 is 9.32 Å². The summed E-state index contributed by atoms with van der Waals surface area (Å²) in [4.78, 5) is 16.1. The van der Waals surface area contributed by atoms with E-state index in [9.17, 15) is 4.79 Å². The fourth-order valence-electron chi connectivity index (χ4n) is 2.40. The van der Waals surface area contributed by atoms with Gasteiger partial charge in [-0.1, -0.05) is 32.3 Å². The largest absolute Gasteiger partial charge is 0.339 e. The second kappa shape index (κ2) is 5.21. The number of hydrogen-bond acceptors (Lipinski definition) is 4. The van der Waals surface area contributed by atoms with Crippen LogP contribution in [-0.4, -0.2) is 15.9 Å². The Hall–Kier alpha value is -1.19. The number of hydrogen-bond donors (Lipinski definition) is 0. The molecule has 1 heterocycles. The van der Waals surface area contributed by atoms with Crippen molar-refractivity contribution in [2.75, 3.05) is 0 Å². The predicted molar refractivity (Wildman–Crippen MR) is 68.1 cm³/mol. The van der Waals surface area contributed by atoms with Crippen LogP contribution in [0.1, 0.15) is 58.2 Å². The van der Waals surface area contributed by atoms with Crippen molar-refractivity contribution in [1.29, 1.82) is 0 Å². The fourth-order valence-corrected chi connectivity index (χ4v) is 2.40. The molecular formula is C14H22N2O2. The zero-order chi connectivity index (χ0) is 13.2. The van der Waals surface area contributed by atoms with Gasteiger partial charge in [0.1, 0.15) is 5.78 Å². The number of Topliss-reactive ketones (excluding diaryl/α,β-unsaturated/α-hetero) is 1. The van der Waals surface area contributed by atoms with Crippen LogP contribution >= 0.6 is 0 Å².